The van der Waals surface area contributed by atoms with Crippen LogP contribution in [-0.2, 0) is 14.3 Å². The maximum absolute atomic E-state index is 12.5. The van der Waals surface area contributed by atoms with Gasteiger partial charge < -0.3 is 9.64 Å². The minimum atomic E-state index is -0.288. The number of carbonyl (C=O) groups excluding carboxylic acids is 2. The third kappa shape index (κ3) is 2.23. The van der Waals surface area contributed by atoms with Crippen molar-refractivity contribution < 1.29 is 14.3 Å². The number of carbonyl (C=O) groups is 2. The molecular formula is C16H24NO3P. The van der Waals surface area contributed by atoms with Crippen LogP contribution in [0, 0.1) is 11.8 Å². The Kier molecular flexibility index (Phi) is 4.09. The van der Waals surface area contributed by atoms with E-state index >= 15 is 0 Å². The predicted molar refractivity (Wildman–Crippen MR) is 83.5 cm³/mol. The number of esters is 1. The van der Waals surface area contributed by atoms with E-state index in [4.69, 9.17) is 4.74 Å². The fourth-order valence-corrected chi connectivity index (χ4v) is 4.51. The summed E-state index contributed by atoms with van der Waals surface area (Å²) in [6.45, 7) is 4.48. The minimum Gasteiger partial charge on any atom is -0.461 e. The lowest BCUT2D eigenvalue weighted by Gasteiger charge is -2.48. The van der Waals surface area contributed by atoms with E-state index in [2.05, 4.69) is 16.2 Å². The van der Waals surface area contributed by atoms with Gasteiger partial charge in [0.25, 0.3) is 0 Å². The molecule has 2 heterocycles. The molecule has 0 bridgehead atoms. The maximum Gasteiger partial charge on any atom is 0.355 e. The summed E-state index contributed by atoms with van der Waals surface area (Å²) >= 11 is 0. The topological polar surface area (TPSA) is 46.6 Å². The van der Waals surface area contributed by atoms with Crippen molar-refractivity contribution in [1.29, 1.82) is 0 Å². The minimum absolute atomic E-state index is 0.0459. The summed E-state index contributed by atoms with van der Waals surface area (Å²) < 4.78 is 5.32. The molecule has 3 aliphatic rings. The van der Waals surface area contributed by atoms with Gasteiger partial charge in [0.2, 0.25) is 5.91 Å². The van der Waals surface area contributed by atoms with Crippen LogP contribution in [0.5, 0.6) is 0 Å². The summed E-state index contributed by atoms with van der Waals surface area (Å²) in [5, 5.41) is 0. The molecule has 0 aromatic rings. The number of hydrogen-bond acceptors (Lipinski definition) is 3. The van der Waals surface area contributed by atoms with Crippen molar-refractivity contribution in [3.05, 3.63) is 11.3 Å². The van der Waals surface area contributed by atoms with Gasteiger partial charge >= 0.3 is 5.97 Å². The van der Waals surface area contributed by atoms with Crippen LogP contribution < -0.4 is 0 Å². The molecule has 5 heteroatoms. The molecule has 2 aliphatic heterocycles. The predicted octanol–water partition coefficient (Wildman–Crippen LogP) is 2.49. The summed E-state index contributed by atoms with van der Waals surface area (Å²) in [5.41, 5.74) is 2.03. The average Bonchev–Trinajstić information content (AvgIpc) is 2.75. The van der Waals surface area contributed by atoms with Crippen LogP contribution >= 0.6 is 9.24 Å². The van der Waals surface area contributed by atoms with Gasteiger partial charge in [0.05, 0.1) is 18.6 Å². The van der Waals surface area contributed by atoms with Crippen molar-refractivity contribution in [3.63, 3.8) is 0 Å². The molecule has 0 N–H and O–H groups in total. The summed E-state index contributed by atoms with van der Waals surface area (Å²) in [7, 11) is 2.75. The van der Waals surface area contributed by atoms with E-state index in [1.54, 1.807) is 4.90 Å². The smallest absolute Gasteiger partial charge is 0.355 e. The van der Waals surface area contributed by atoms with Crippen LogP contribution in [0.3, 0.4) is 0 Å². The number of fused-ring (bicyclic) bond motifs is 3. The Labute approximate surface area is 128 Å². The number of amides is 1. The Balaban J connectivity index is 1.90. The largest absolute Gasteiger partial charge is 0.461 e. The van der Waals surface area contributed by atoms with Crippen LogP contribution in [-0.4, -0.2) is 35.1 Å². The molecule has 21 heavy (non-hydrogen) atoms. The third-order valence-electron chi connectivity index (χ3n) is 5.00. The highest BCUT2D eigenvalue weighted by atomic mass is 31.0. The van der Waals surface area contributed by atoms with E-state index in [1.807, 2.05) is 6.92 Å². The van der Waals surface area contributed by atoms with Crippen LogP contribution in [0.15, 0.2) is 11.3 Å². The molecule has 1 saturated carbocycles. The van der Waals surface area contributed by atoms with Gasteiger partial charge in [-0.25, -0.2) is 4.79 Å². The van der Waals surface area contributed by atoms with Gasteiger partial charge in [-0.2, -0.15) is 0 Å². The highest BCUT2D eigenvalue weighted by Gasteiger charge is 2.60. The van der Waals surface area contributed by atoms with Crippen molar-refractivity contribution in [2.24, 2.45) is 11.8 Å². The Morgan fingerprint density at radius 3 is 2.90 bits per heavy atom. The average molecular weight is 309 g/mol. The van der Waals surface area contributed by atoms with E-state index in [1.165, 1.54) is 12.0 Å². The Morgan fingerprint density at radius 1 is 1.48 bits per heavy atom. The fourth-order valence-electron chi connectivity index (χ4n) is 4.11. The van der Waals surface area contributed by atoms with Crippen LogP contribution in [0.25, 0.3) is 0 Å². The Bertz CT molecular complexity index is 500. The second kappa shape index (κ2) is 5.72. The summed E-state index contributed by atoms with van der Waals surface area (Å²) in [4.78, 5) is 26.6. The molecule has 4 nitrogen and oxygen atoms in total. The number of hydrogen-bond donors (Lipinski definition) is 0. The third-order valence-corrected chi connectivity index (χ3v) is 5.42. The standard InChI is InChI=1S/C16H24NO3P/c1-3-8-20-16(19)14-11-7-5-4-6-10(11)13-12(9(2)21)15(18)17(13)14/h9-10,12-13H,3-8,21H2,1-2H3/t9-,10-,12+,13?/m0/s1. The van der Waals surface area contributed by atoms with Gasteiger partial charge in [0.1, 0.15) is 5.70 Å². The van der Waals surface area contributed by atoms with Gasteiger partial charge in [-0.05, 0) is 36.9 Å². The van der Waals surface area contributed by atoms with Crippen molar-refractivity contribution in [2.45, 2.75) is 57.7 Å². The SMILES string of the molecule is CCCOC(=O)C1=C2CCCC[C@@H]2C2[C@@H]([C@H](C)P)C(=O)N12. The molecule has 0 radical (unpaired) electrons. The normalized spacial score (nSPS) is 32.4. The van der Waals surface area contributed by atoms with Crippen LogP contribution in [0.2, 0.25) is 0 Å². The van der Waals surface area contributed by atoms with Crippen molar-refractivity contribution in [3.8, 4) is 0 Å². The first-order valence-corrected chi connectivity index (χ1v) is 8.73. The number of ether oxygens (including phenoxy) is 1. The second-order valence-electron chi connectivity index (χ2n) is 6.45. The highest BCUT2D eigenvalue weighted by molar-refractivity contribution is 7.17. The zero-order chi connectivity index (χ0) is 15.1. The summed E-state index contributed by atoms with van der Waals surface area (Å²) in [5.74, 6) is 0.246. The van der Waals surface area contributed by atoms with Crippen molar-refractivity contribution in [1.82, 2.24) is 4.90 Å². The lowest BCUT2D eigenvalue weighted by molar-refractivity contribution is -0.158. The van der Waals surface area contributed by atoms with Gasteiger partial charge in [0, 0.05) is 5.92 Å². The first kappa shape index (κ1) is 15.0. The monoisotopic (exact) mass is 309 g/mol. The molecule has 0 spiro atoms. The summed E-state index contributed by atoms with van der Waals surface area (Å²) in [6.07, 6.45) is 5.16. The zero-order valence-corrected chi connectivity index (χ0v) is 14.0. The molecule has 5 atom stereocenters. The first-order valence-electron chi connectivity index (χ1n) is 8.06. The van der Waals surface area contributed by atoms with Gasteiger partial charge in [-0.1, -0.05) is 20.3 Å². The van der Waals surface area contributed by atoms with Crippen molar-refractivity contribution >= 4 is 21.1 Å². The van der Waals surface area contributed by atoms with E-state index in [9.17, 15) is 9.59 Å². The lowest BCUT2D eigenvalue weighted by Crippen LogP contribution is -2.63. The van der Waals surface area contributed by atoms with E-state index < -0.39 is 0 Å². The highest BCUT2D eigenvalue weighted by Crippen LogP contribution is 2.53. The van der Waals surface area contributed by atoms with Gasteiger partial charge in [0.15, 0.2) is 0 Å². The molecule has 0 aromatic carbocycles. The van der Waals surface area contributed by atoms with E-state index in [-0.39, 0.29) is 29.5 Å². The Hall–Kier alpha value is -0.890. The maximum atomic E-state index is 12.5. The summed E-state index contributed by atoms with van der Waals surface area (Å²) in [6, 6.07) is 0.199. The number of β-lactam (4-membered cyclic amide) rings is 1. The molecule has 1 aliphatic carbocycles. The molecule has 116 valence electrons. The zero-order valence-electron chi connectivity index (χ0n) is 12.8. The van der Waals surface area contributed by atoms with Gasteiger partial charge in [-0.3, -0.25) is 4.79 Å². The fraction of sp³-hybridized carbons (Fsp3) is 0.750. The molecule has 3 rings (SSSR count). The van der Waals surface area contributed by atoms with Gasteiger partial charge in [-0.15, -0.1) is 9.24 Å². The van der Waals surface area contributed by atoms with Crippen LogP contribution in [0.4, 0.5) is 0 Å². The van der Waals surface area contributed by atoms with E-state index in [0.29, 0.717) is 18.2 Å². The number of nitrogens with zero attached hydrogens (tertiary/aromatic N) is 1. The molecule has 1 saturated heterocycles. The lowest BCUT2D eigenvalue weighted by atomic mass is 9.73. The molecule has 1 amide bonds. The molecule has 0 aromatic heterocycles. The quantitative estimate of drug-likeness (QED) is 0.455. The number of rotatable bonds is 4. The van der Waals surface area contributed by atoms with E-state index in [0.717, 1.165) is 25.7 Å². The van der Waals surface area contributed by atoms with Crippen LogP contribution in [0.1, 0.15) is 46.0 Å². The Morgan fingerprint density at radius 2 is 2.24 bits per heavy atom. The first-order chi connectivity index (χ1) is 10.1. The molecule has 2 fully saturated rings. The molecular weight excluding hydrogens is 285 g/mol. The van der Waals surface area contributed by atoms with Crippen molar-refractivity contribution in [2.75, 3.05) is 6.61 Å². The molecule has 2 unspecified atom stereocenters. The second-order valence-corrected chi connectivity index (χ2v) is 7.50.